The van der Waals surface area contributed by atoms with Crippen LogP contribution in [0.3, 0.4) is 0 Å². The number of carbonyl (C=O) groups is 2. The van der Waals surface area contributed by atoms with Crippen molar-refractivity contribution in [1.82, 2.24) is 4.90 Å². The van der Waals surface area contributed by atoms with Crippen LogP contribution in [-0.4, -0.2) is 37.0 Å². The molecule has 7 heteroatoms. The van der Waals surface area contributed by atoms with Crippen molar-refractivity contribution in [3.8, 4) is 11.5 Å². The number of carbonyl (C=O) groups excluding carboxylic acids is 2. The summed E-state index contributed by atoms with van der Waals surface area (Å²) in [5, 5.41) is 3.01. The predicted octanol–water partition coefficient (Wildman–Crippen LogP) is 6.18. The zero-order valence-electron chi connectivity index (χ0n) is 20.8. The van der Waals surface area contributed by atoms with Crippen molar-refractivity contribution in [2.24, 2.45) is 0 Å². The molecule has 0 fully saturated rings. The summed E-state index contributed by atoms with van der Waals surface area (Å²) < 4.78 is 24.9. The molecule has 4 aromatic rings. The highest BCUT2D eigenvalue weighted by Gasteiger charge is 2.44. The van der Waals surface area contributed by atoms with Gasteiger partial charge in [0.25, 0.3) is 5.91 Å². The fourth-order valence-electron chi connectivity index (χ4n) is 4.79. The van der Waals surface area contributed by atoms with Gasteiger partial charge in [0.1, 0.15) is 17.3 Å². The van der Waals surface area contributed by atoms with Crippen molar-refractivity contribution >= 4 is 17.5 Å². The molecular formula is C31H27FN2O4. The number of para-hydroxylation sites is 1. The number of benzene rings is 4. The molecule has 4 aromatic carbocycles. The van der Waals surface area contributed by atoms with E-state index >= 15 is 0 Å². The number of amides is 2. The van der Waals surface area contributed by atoms with E-state index < -0.39 is 17.8 Å². The van der Waals surface area contributed by atoms with Crippen LogP contribution in [0.15, 0.2) is 103 Å². The topological polar surface area (TPSA) is 67.9 Å². The summed E-state index contributed by atoms with van der Waals surface area (Å²) in [7, 11) is 1.56. The first-order valence-corrected chi connectivity index (χ1v) is 12.3. The van der Waals surface area contributed by atoms with Gasteiger partial charge in [-0.05, 0) is 65.7 Å². The Morgan fingerprint density at radius 1 is 0.868 bits per heavy atom. The normalized spacial score (nSPS) is 16.6. The lowest BCUT2D eigenvalue weighted by molar-refractivity contribution is -0.119. The Labute approximate surface area is 220 Å². The number of nitrogens with one attached hydrogen (secondary N) is 1. The molecule has 1 aliphatic rings. The van der Waals surface area contributed by atoms with E-state index in [1.54, 1.807) is 66.6 Å². The summed E-state index contributed by atoms with van der Waals surface area (Å²) in [6.45, 7) is 0.573. The minimum atomic E-state index is -0.730. The first kappa shape index (κ1) is 25.2. The molecule has 5 rings (SSSR count). The number of methoxy groups -OCH3 is 1. The van der Waals surface area contributed by atoms with Crippen LogP contribution >= 0.6 is 0 Å². The lowest BCUT2D eigenvalue weighted by Crippen LogP contribution is -2.47. The highest BCUT2D eigenvalue weighted by molar-refractivity contribution is 6.04. The van der Waals surface area contributed by atoms with Crippen molar-refractivity contribution in [1.29, 1.82) is 0 Å². The molecule has 6 nitrogen and oxygen atoms in total. The van der Waals surface area contributed by atoms with Gasteiger partial charge in [0.15, 0.2) is 0 Å². The van der Waals surface area contributed by atoms with Gasteiger partial charge >= 0.3 is 0 Å². The SMILES string of the molecule is COCCN1C(=O)c2ccccc2[C@@H](C(=O)Nc2ccc(Oc3ccccc3)cc2)[C@H]1c1ccc(F)cc1. The summed E-state index contributed by atoms with van der Waals surface area (Å²) in [4.78, 5) is 29.1. The number of hydrogen-bond acceptors (Lipinski definition) is 4. The molecule has 0 aromatic heterocycles. The third kappa shape index (κ3) is 5.28. The van der Waals surface area contributed by atoms with Gasteiger partial charge in [0, 0.05) is 24.9 Å². The van der Waals surface area contributed by atoms with Gasteiger partial charge in [-0.15, -0.1) is 0 Å². The van der Waals surface area contributed by atoms with Crippen LogP contribution < -0.4 is 10.1 Å². The number of rotatable bonds is 8. The van der Waals surface area contributed by atoms with Crippen molar-refractivity contribution < 1.29 is 23.5 Å². The van der Waals surface area contributed by atoms with E-state index in [2.05, 4.69) is 5.32 Å². The second kappa shape index (κ2) is 11.3. The molecule has 0 spiro atoms. The first-order chi connectivity index (χ1) is 18.5. The second-order valence-corrected chi connectivity index (χ2v) is 8.98. The lowest BCUT2D eigenvalue weighted by atomic mass is 9.79. The van der Waals surface area contributed by atoms with Crippen LogP contribution in [0, 0.1) is 5.82 Å². The summed E-state index contributed by atoms with van der Waals surface area (Å²) in [6, 6.07) is 28.9. The van der Waals surface area contributed by atoms with Gasteiger partial charge < -0.3 is 19.7 Å². The molecule has 2 atom stereocenters. The Kier molecular flexibility index (Phi) is 7.47. The van der Waals surface area contributed by atoms with Crippen molar-refractivity contribution in [3.05, 3.63) is 126 Å². The molecule has 192 valence electrons. The van der Waals surface area contributed by atoms with Crippen LogP contribution in [0.2, 0.25) is 0 Å². The average molecular weight is 511 g/mol. The van der Waals surface area contributed by atoms with Crippen LogP contribution in [0.4, 0.5) is 10.1 Å². The van der Waals surface area contributed by atoms with Crippen LogP contribution in [0.5, 0.6) is 11.5 Å². The molecule has 1 heterocycles. The van der Waals surface area contributed by atoms with Crippen molar-refractivity contribution in [3.63, 3.8) is 0 Å². The van der Waals surface area contributed by atoms with Gasteiger partial charge in [-0.2, -0.15) is 0 Å². The summed E-state index contributed by atoms with van der Waals surface area (Å²) >= 11 is 0. The van der Waals surface area contributed by atoms with E-state index in [-0.39, 0.29) is 18.4 Å². The third-order valence-electron chi connectivity index (χ3n) is 6.57. The summed E-state index contributed by atoms with van der Waals surface area (Å²) in [5.74, 6) is -0.245. The van der Waals surface area contributed by atoms with Crippen LogP contribution in [0.1, 0.15) is 33.4 Å². The van der Waals surface area contributed by atoms with Crippen molar-refractivity contribution in [2.45, 2.75) is 12.0 Å². The molecule has 1 N–H and O–H groups in total. The van der Waals surface area contributed by atoms with Gasteiger partial charge in [-0.3, -0.25) is 9.59 Å². The lowest BCUT2D eigenvalue weighted by Gasteiger charge is -2.41. The number of halogens is 1. The summed E-state index contributed by atoms with van der Waals surface area (Å²) in [5.41, 5.74) is 2.35. The Morgan fingerprint density at radius 2 is 1.53 bits per heavy atom. The van der Waals surface area contributed by atoms with E-state index in [1.807, 2.05) is 36.4 Å². The molecule has 2 amide bonds. The largest absolute Gasteiger partial charge is 0.457 e. The quantitative estimate of drug-likeness (QED) is 0.307. The zero-order chi connectivity index (χ0) is 26.5. The summed E-state index contributed by atoms with van der Waals surface area (Å²) in [6.07, 6.45) is 0. The molecule has 0 radical (unpaired) electrons. The van der Waals surface area contributed by atoms with Gasteiger partial charge in [0.05, 0.1) is 18.6 Å². The molecule has 0 aliphatic carbocycles. The monoisotopic (exact) mass is 510 g/mol. The minimum Gasteiger partial charge on any atom is -0.457 e. The molecule has 0 unspecified atom stereocenters. The molecule has 0 bridgehead atoms. The number of anilines is 1. The molecule has 1 aliphatic heterocycles. The van der Waals surface area contributed by atoms with Gasteiger partial charge in [0.2, 0.25) is 5.91 Å². The third-order valence-corrected chi connectivity index (χ3v) is 6.57. The van der Waals surface area contributed by atoms with Gasteiger partial charge in [-0.1, -0.05) is 48.5 Å². The number of nitrogens with zero attached hydrogens (tertiary/aromatic N) is 1. The Hall–Kier alpha value is -4.49. The van der Waals surface area contributed by atoms with E-state index in [9.17, 15) is 14.0 Å². The van der Waals surface area contributed by atoms with E-state index in [0.29, 0.717) is 40.5 Å². The maximum absolute atomic E-state index is 13.9. The molecule has 0 saturated carbocycles. The van der Waals surface area contributed by atoms with Gasteiger partial charge in [-0.25, -0.2) is 4.39 Å². The highest BCUT2D eigenvalue weighted by Crippen LogP contribution is 2.43. The zero-order valence-corrected chi connectivity index (χ0v) is 20.8. The molecule has 0 saturated heterocycles. The molecule has 38 heavy (non-hydrogen) atoms. The predicted molar refractivity (Wildman–Crippen MR) is 143 cm³/mol. The minimum absolute atomic E-state index is 0.196. The fraction of sp³-hybridized carbons (Fsp3) is 0.161. The first-order valence-electron chi connectivity index (χ1n) is 12.3. The van der Waals surface area contributed by atoms with E-state index in [0.717, 1.165) is 0 Å². The number of hydrogen-bond donors (Lipinski definition) is 1. The Morgan fingerprint density at radius 3 is 2.24 bits per heavy atom. The van der Waals surface area contributed by atoms with Crippen LogP contribution in [-0.2, 0) is 9.53 Å². The van der Waals surface area contributed by atoms with E-state index in [1.165, 1.54) is 12.1 Å². The average Bonchev–Trinajstić information content (AvgIpc) is 2.94. The van der Waals surface area contributed by atoms with E-state index in [4.69, 9.17) is 9.47 Å². The number of ether oxygens (including phenoxy) is 2. The maximum Gasteiger partial charge on any atom is 0.254 e. The molecular weight excluding hydrogens is 483 g/mol. The number of fused-ring (bicyclic) bond motifs is 1. The van der Waals surface area contributed by atoms with Crippen molar-refractivity contribution in [2.75, 3.05) is 25.6 Å². The standard InChI is InChI=1S/C31H27FN2O4/c1-37-20-19-34-29(21-11-13-22(32)14-12-21)28(26-9-5-6-10-27(26)31(34)36)30(35)33-23-15-17-25(18-16-23)38-24-7-3-2-4-8-24/h2-18,28-29H,19-20H2,1H3,(H,33,35)/t28-,29-/m1/s1. The van der Waals surface area contributed by atoms with Crippen LogP contribution in [0.25, 0.3) is 0 Å². The maximum atomic E-state index is 13.9. The smallest absolute Gasteiger partial charge is 0.254 e. The second-order valence-electron chi connectivity index (χ2n) is 8.98. The Balaban J connectivity index is 1.47. The fourth-order valence-corrected chi connectivity index (χ4v) is 4.79. The Bertz CT molecular complexity index is 1410. The highest BCUT2D eigenvalue weighted by atomic mass is 19.1.